The van der Waals surface area contributed by atoms with Gasteiger partial charge in [0.2, 0.25) is 0 Å². The SMILES string of the molecule is CN(C)CCN(c1cccnc1)c1ccc(-c2ccc3c(C(N)=O)nn(-c4ccc5onc(N)c5c4)c3c2F)c(F)c1. The van der Waals surface area contributed by atoms with E-state index in [9.17, 15) is 4.79 Å². The molecule has 42 heavy (non-hydrogen) atoms. The molecule has 212 valence electrons. The molecule has 0 aliphatic carbocycles. The van der Waals surface area contributed by atoms with Gasteiger partial charge in [-0.15, -0.1) is 0 Å². The number of likely N-dealkylation sites (N-methyl/N-ethyl adjacent to an activating group) is 1. The lowest BCUT2D eigenvalue weighted by Crippen LogP contribution is -2.28. The van der Waals surface area contributed by atoms with Gasteiger partial charge >= 0.3 is 0 Å². The second-order valence-electron chi connectivity index (χ2n) is 10.0. The van der Waals surface area contributed by atoms with E-state index in [2.05, 4.69) is 15.2 Å². The first-order valence-electron chi connectivity index (χ1n) is 13.0. The van der Waals surface area contributed by atoms with E-state index in [0.29, 0.717) is 35.4 Å². The third kappa shape index (κ3) is 4.67. The summed E-state index contributed by atoms with van der Waals surface area (Å²) < 4.78 is 38.6. The van der Waals surface area contributed by atoms with E-state index in [-0.39, 0.29) is 33.5 Å². The maximum atomic E-state index is 16.4. The van der Waals surface area contributed by atoms with Gasteiger partial charge < -0.3 is 25.8 Å². The van der Waals surface area contributed by atoms with Crippen molar-refractivity contribution in [1.82, 2.24) is 24.8 Å². The van der Waals surface area contributed by atoms with Crippen LogP contribution >= 0.6 is 0 Å². The Morgan fingerprint density at radius 1 is 0.976 bits per heavy atom. The number of halogens is 2. The molecule has 0 saturated heterocycles. The van der Waals surface area contributed by atoms with E-state index in [1.165, 1.54) is 28.9 Å². The molecule has 0 radical (unpaired) electrons. The molecule has 0 saturated carbocycles. The number of nitrogens with two attached hydrogens (primary N) is 2. The first kappa shape index (κ1) is 26.8. The van der Waals surface area contributed by atoms with Crippen LogP contribution in [0.15, 0.2) is 77.6 Å². The molecule has 0 atom stereocenters. The van der Waals surface area contributed by atoms with Crippen LogP contribution in [-0.2, 0) is 0 Å². The van der Waals surface area contributed by atoms with E-state index in [1.54, 1.807) is 36.7 Å². The van der Waals surface area contributed by atoms with E-state index in [1.807, 2.05) is 36.0 Å². The lowest BCUT2D eigenvalue weighted by atomic mass is 10.0. The predicted octanol–water partition coefficient (Wildman–Crippen LogP) is 4.89. The van der Waals surface area contributed by atoms with Crippen molar-refractivity contribution in [2.75, 3.05) is 37.8 Å². The van der Waals surface area contributed by atoms with E-state index in [0.717, 1.165) is 5.69 Å². The summed E-state index contributed by atoms with van der Waals surface area (Å²) in [5, 5.41) is 8.72. The summed E-state index contributed by atoms with van der Waals surface area (Å²) in [7, 11) is 3.91. The van der Waals surface area contributed by atoms with Gasteiger partial charge in [0.05, 0.1) is 23.0 Å². The standard InChI is InChI=1S/C30H26F2N8O2/c1-38(2)12-13-39(19-4-3-11-35-16-19)17-5-7-20(24(31)15-17)21-8-9-22-27(30(34)41)36-40(28(22)26(21)32)18-6-10-25-23(14-18)29(33)37-42-25/h3-11,14-16H,12-13H2,1-2H3,(H2,33,37)(H2,34,41). The number of hydrogen-bond donors (Lipinski definition) is 2. The summed E-state index contributed by atoms with van der Waals surface area (Å²) in [6.07, 6.45) is 3.38. The number of hydrogen-bond acceptors (Lipinski definition) is 8. The fourth-order valence-electron chi connectivity index (χ4n) is 4.93. The monoisotopic (exact) mass is 568 g/mol. The fraction of sp³-hybridized carbons (Fsp3) is 0.133. The average molecular weight is 569 g/mol. The largest absolute Gasteiger partial charge is 0.380 e. The number of carbonyl (C=O) groups is 1. The lowest BCUT2D eigenvalue weighted by Gasteiger charge is -2.26. The molecule has 12 heteroatoms. The number of aromatic nitrogens is 4. The average Bonchev–Trinajstić information content (AvgIpc) is 3.55. The van der Waals surface area contributed by atoms with Gasteiger partial charge in [-0.05, 0) is 68.7 Å². The Labute approximate surface area is 238 Å². The second-order valence-corrected chi connectivity index (χ2v) is 10.0. The normalized spacial score (nSPS) is 11.5. The third-order valence-corrected chi connectivity index (χ3v) is 7.03. The number of amides is 1. The minimum atomic E-state index is -0.833. The Morgan fingerprint density at radius 2 is 1.79 bits per heavy atom. The van der Waals surface area contributed by atoms with Gasteiger partial charge in [-0.25, -0.2) is 13.5 Å². The summed E-state index contributed by atoms with van der Waals surface area (Å²) in [4.78, 5) is 20.4. The first-order chi connectivity index (χ1) is 20.2. The third-order valence-electron chi connectivity index (χ3n) is 7.03. The number of pyridine rings is 1. The summed E-state index contributed by atoms with van der Waals surface area (Å²) in [6, 6.07) is 16.1. The summed E-state index contributed by atoms with van der Waals surface area (Å²) in [5.74, 6) is -2.08. The van der Waals surface area contributed by atoms with E-state index >= 15 is 8.78 Å². The second kappa shape index (κ2) is 10.6. The molecule has 3 aromatic carbocycles. The van der Waals surface area contributed by atoms with Gasteiger partial charge in [-0.1, -0.05) is 11.2 Å². The molecule has 4 N–H and O–H groups in total. The van der Waals surface area contributed by atoms with Gasteiger partial charge in [0.15, 0.2) is 22.9 Å². The minimum absolute atomic E-state index is 0.00416. The molecule has 3 aromatic heterocycles. The van der Waals surface area contributed by atoms with Crippen molar-refractivity contribution in [2.45, 2.75) is 0 Å². The molecule has 0 aliphatic rings. The van der Waals surface area contributed by atoms with Crippen LogP contribution in [-0.4, -0.2) is 57.9 Å². The van der Waals surface area contributed by atoms with Crippen molar-refractivity contribution in [3.05, 3.63) is 90.4 Å². The molecule has 0 fully saturated rings. The Morgan fingerprint density at radius 3 is 2.50 bits per heavy atom. The summed E-state index contributed by atoms with van der Waals surface area (Å²) >= 11 is 0. The van der Waals surface area contributed by atoms with Crippen molar-refractivity contribution in [2.24, 2.45) is 5.73 Å². The molecule has 10 nitrogen and oxygen atoms in total. The predicted molar refractivity (Wildman–Crippen MR) is 157 cm³/mol. The Balaban J connectivity index is 1.47. The van der Waals surface area contributed by atoms with Crippen LogP contribution in [0.25, 0.3) is 38.7 Å². The van der Waals surface area contributed by atoms with Crippen molar-refractivity contribution in [1.29, 1.82) is 0 Å². The summed E-state index contributed by atoms with van der Waals surface area (Å²) in [6.45, 7) is 1.29. The highest BCUT2D eigenvalue weighted by molar-refractivity contribution is 6.05. The van der Waals surface area contributed by atoms with Gasteiger partial charge in [0.1, 0.15) is 11.3 Å². The van der Waals surface area contributed by atoms with Crippen LogP contribution < -0.4 is 16.4 Å². The van der Waals surface area contributed by atoms with Crippen LogP contribution in [0.4, 0.5) is 26.0 Å². The molecule has 0 aliphatic heterocycles. The number of anilines is 3. The molecule has 6 aromatic rings. The highest BCUT2D eigenvalue weighted by atomic mass is 19.1. The molecular weight excluding hydrogens is 542 g/mol. The number of nitrogens with zero attached hydrogens (tertiary/aromatic N) is 6. The van der Waals surface area contributed by atoms with Gasteiger partial charge in [0.25, 0.3) is 5.91 Å². The van der Waals surface area contributed by atoms with Crippen molar-refractivity contribution in [3.8, 4) is 16.8 Å². The Kier molecular flexibility index (Phi) is 6.75. The quantitative estimate of drug-likeness (QED) is 0.265. The number of carbonyl (C=O) groups excluding carboxylic acids is 1. The molecule has 0 unspecified atom stereocenters. The zero-order valence-electron chi connectivity index (χ0n) is 22.8. The number of rotatable bonds is 8. The topological polar surface area (TPSA) is 132 Å². The molecule has 1 amide bonds. The van der Waals surface area contributed by atoms with Crippen LogP contribution in [0.3, 0.4) is 0 Å². The van der Waals surface area contributed by atoms with E-state index < -0.39 is 17.5 Å². The maximum Gasteiger partial charge on any atom is 0.269 e. The molecule has 0 bridgehead atoms. The highest BCUT2D eigenvalue weighted by Gasteiger charge is 2.24. The van der Waals surface area contributed by atoms with E-state index in [4.69, 9.17) is 16.0 Å². The lowest BCUT2D eigenvalue weighted by molar-refractivity contribution is 0.0996. The number of benzene rings is 3. The highest BCUT2D eigenvalue weighted by Crippen LogP contribution is 2.36. The fourth-order valence-corrected chi connectivity index (χ4v) is 4.93. The zero-order valence-corrected chi connectivity index (χ0v) is 22.8. The van der Waals surface area contributed by atoms with Crippen molar-refractivity contribution >= 4 is 45.0 Å². The van der Waals surface area contributed by atoms with Crippen LogP contribution in [0, 0.1) is 11.6 Å². The zero-order chi connectivity index (χ0) is 29.5. The van der Waals surface area contributed by atoms with Crippen LogP contribution in [0.1, 0.15) is 10.5 Å². The van der Waals surface area contributed by atoms with Crippen LogP contribution in [0.5, 0.6) is 0 Å². The van der Waals surface area contributed by atoms with Crippen LogP contribution in [0.2, 0.25) is 0 Å². The maximum absolute atomic E-state index is 16.4. The molecule has 3 heterocycles. The minimum Gasteiger partial charge on any atom is -0.380 e. The summed E-state index contributed by atoms with van der Waals surface area (Å²) in [5.41, 5.74) is 13.6. The van der Waals surface area contributed by atoms with Gasteiger partial charge in [0, 0.05) is 41.5 Å². The molecular formula is C30H26F2N8O2. The van der Waals surface area contributed by atoms with Crippen molar-refractivity contribution < 1.29 is 18.1 Å². The molecule has 0 spiro atoms. The first-order valence-corrected chi connectivity index (χ1v) is 13.0. The Bertz CT molecular complexity index is 1950. The number of fused-ring (bicyclic) bond motifs is 2. The van der Waals surface area contributed by atoms with Gasteiger partial charge in [-0.2, -0.15) is 5.10 Å². The number of primary amides is 1. The smallest absolute Gasteiger partial charge is 0.269 e. The molecule has 6 rings (SSSR count). The number of nitrogen functional groups attached to an aromatic ring is 1. The van der Waals surface area contributed by atoms with Crippen molar-refractivity contribution in [3.63, 3.8) is 0 Å². The van der Waals surface area contributed by atoms with Gasteiger partial charge in [-0.3, -0.25) is 9.78 Å². The Hall–Kier alpha value is -5.36.